The molecule has 22 heavy (non-hydrogen) atoms. The van der Waals surface area contributed by atoms with Crippen LogP contribution in [0, 0.1) is 0 Å². The molecule has 0 radical (unpaired) electrons. The molecule has 2 unspecified atom stereocenters. The molecule has 1 aliphatic heterocycles. The summed E-state index contributed by atoms with van der Waals surface area (Å²) in [4.78, 5) is 21.6. The van der Waals surface area contributed by atoms with Gasteiger partial charge in [0.05, 0.1) is 0 Å². The van der Waals surface area contributed by atoms with Crippen LogP contribution in [0.1, 0.15) is 26.2 Å². The van der Waals surface area contributed by atoms with Gasteiger partial charge < -0.3 is 5.11 Å². The maximum atomic E-state index is 11.2. The van der Waals surface area contributed by atoms with Crippen LogP contribution in [0.3, 0.4) is 0 Å². The lowest BCUT2D eigenvalue weighted by molar-refractivity contribution is -0.355. The second-order valence-corrected chi connectivity index (χ2v) is 4.41. The second-order valence-electron chi connectivity index (χ2n) is 4.41. The predicted octanol–water partition coefficient (Wildman–Crippen LogP) is 3.40. The van der Waals surface area contributed by atoms with Crippen molar-refractivity contribution in [3.63, 3.8) is 0 Å². The zero-order valence-electron chi connectivity index (χ0n) is 12.5. The molecule has 0 aliphatic carbocycles. The van der Waals surface area contributed by atoms with Crippen LogP contribution in [0.4, 0.5) is 0 Å². The van der Waals surface area contributed by atoms with E-state index in [4.69, 9.17) is 9.78 Å². The maximum absolute atomic E-state index is 11.2. The van der Waals surface area contributed by atoms with E-state index in [0.717, 1.165) is 6.42 Å². The van der Waals surface area contributed by atoms with Gasteiger partial charge in [-0.05, 0) is 48.8 Å². The highest BCUT2D eigenvalue weighted by atomic mass is 17.2. The lowest BCUT2D eigenvalue weighted by atomic mass is 10.0. The van der Waals surface area contributed by atoms with Crippen LogP contribution in [-0.2, 0) is 14.6 Å². The van der Waals surface area contributed by atoms with Gasteiger partial charge in [0.1, 0.15) is 17.8 Å². The Hall–Kier alpha value is -2.49. The summed E-state index contributed by atoms with van der Waals surface area (Å²) in [5.41, 5.74) is 12.0. The number of hydrogen-bond donors (Lipinski definition) is 1. The third-order valence-electron chi connectivity index (χ3n) is 2.78. The third kappa shape index (κ3) is 6.31. The van der Waals surface area contributed by atoms with Crippen molar-refractivity contribution in [2.45, 2.75) is 38.4 Å². The topological polar surface area (TPSA) is 55.8 Å². The zero-order valence-corrected chi connectivity index (χ0v) is 12.5. The first kappa shape index (κ1) is 17.6. The monoisotopic (exact) mass is 298 g/mol. The van der Waals surface area contributed by atoms with E-state index < -0.39 is 12.1 Å². The highest BCUT2D eigenvalue weighted by Crippen LogP contribution is 2.22. The second kappa shape index (κ2) is 10.3. The first-order valence-electron chi connectivity index (χ1n) is 6.97. The van der Waals surface area contributed by atoms with Crippen LogP contribution in [0.25, 0.3) is 0 Å². The Balaban J connectivity index is 2.76. The van der Waals surface area contributed by atoms with Crippen LogP contribution >= 0.6 is 0 Å². The van der Waals surface area contributed by atoms with Crippen LogP contribution in [0.5, 0.6) is 0 Å². The molecule has 2 atom stereocenters. The quantitative estimate of drug-likeness (QED) is 0.366. The first-order valence-corrected chi connectivity index (χ1v) is 6.97. The van der Waals surface area contributed by atoms with Crippen LogP contribution in [-0.4, -0.2) is 23.3 Å². The average molecular weight is 298 g/mol. The maximum Gasteiger partial charge on any atom is 0.342 e. The van der Waals surface area contributed by atoms with Crippen LogP contribution in [0.2, 0.25) is 0 Å². The highest BCUT2D eigenvalue weighted by molar-refractivity contribution is 5.87. The summed E-state index contributed by atoms with van der Waals surface area (Å²) < 4.78 is 0. The molecule has 0 aromatic rings. The van der Waals surface area contributed by atoms with Crippen molar-refractivity contribution in [2.75, 3.05) is 0 Å². The van der Waals surface area contributed by atoms with Gasteiger partial charge in [-0.15, -0.1) is 0 Å². The molecule has 1 aliphatic rings. The fraction of sp³-hybridized carbons (Fsp3) is 0.333. The number of rotatable bonds is 5. The van der Waals surface area contributed by atoms with Gasteiger partial charge in [0, 0.05) is 0 Å². The average Bonchev–Trinajstić information content (AvgIpc) is 2.52. The molecular weight excluding hydrogens is 280 g/mol. The summed E-state index contributed by atoms with van der Waals surface area (Å²) in [7, 11) is 0. The van der Waals surface area contributed by atoms with E-state index in [-0.39, 0.29) is 11.7 Å². The van der Waals surface area contributed by atoms with E-state index in [2.05, 4.69) is 42.2 Å². The van der Waals surface area contributed by atoms with E-state index in [0.29, 0.717) is 12.8 Å². The number of carbonyl (C=O) groups is 1. The molecule has 1 rings (SSSR count). The van der Waals surface area contributed by atoms with Gasteiger partial charge in [-0.1, -0.05) is 37.0 Å². The van der Waals surface area contributed by atoms with E-state index in [1.165, 1.54) is 0 Å². The van der Waals surface area contributed by atoms with Gasteiger partial charge in [0.2, 0.25) is 0 Å². The standard InChI is InChI=1S/C18H18O4/c1-3-5-7-9-11-15-13-14-17(22-21-15)16(18(19)20)12-10-8-6-4-2/h5,7,9,11,15,17H,2-3,13-14H2,1H3,(H,19,20). The predicted molar refractivity (Wildman–Crippen MR) is 81.9 cm³/mol. The molecular formula is C18H18O4. The van der Waals surface area contributed by atoms with E-state index in [1.54, 1.807) is 0 Å². The number of aliphatic carboxylic acids is 1. The van der Waals surface area contributed by atoms with Gasteiger partial charge in [-0.25, -0.2) is 14.6 Å². The molecule has 1 N–H and O–H groups in total. The SMILES string of the molecule is C=C=C=C=C=C=C(C(=O)O)C1CCC(C=CC=CCC)OO1. The van der Waals surface area contributed by atoms with Crippen molar-refractivity contribution < 1.29 is 19.7 Å². The Bertz CT molecular complexity index is 631. The minimum atomic E-state index is -1.13. The first-order chi connectivity index (χ1) is 10.7. The van der Waals surface area contributed by atoms with Gasteiger partial charge in [-0.2, -0.15) is 0 Å². The number of carboxylic acid groups (broad SMARTS) is 1. The third-order valence-corrected chi connectivity index (χ3v) is 2.78. The molecule has 1 saturated heterocycles. The Morgan fingerprint density at radius 2 is 2.09 bits per heavy atom. The van der Waals surface area contributed by atoms with Gasteiger partial charge in [-0.3, -0.25) is 0 Å². The summed E-state index contributed by atoms with van der Waals surface area (Å²) in [6.45, 7) is 5.35. The fourth-order valence-corrected chi connectivity index (χ4v) is 1.72. The Kier molecular flexibility index (Phi) is 8.20. The Labute approximate surface area is 130 Å². The minimum absolute atomic E-state index is 0.0633. The summed E-state index contributed by atoms with van der Waals surface area (Å²) in [5, 5.41) is 9.17. The Morgan fingerprint density at radius 3 is 2.68 bits per heavy atom. The molecule has 4 heteroatoms. The fourth-order valence-electron chi connectivity index (χ4n) is 1.72. The number of allylic oxidation sites excluding steroid dienone is 3. The molecule has 0 bridgehead atoms. The van der Waals surface area contributed by atoms with E-state index in [1.807, 2.05) is 24.3 Å². The highest BCUT2D eigenvalue weighted by Gasteiger charge is 2.28. The van der Waals surface area contributed by atoms with E-state index in [9.17, 15) is 9.90 Å². The number of hydrogen-bond acceptors (Lipinski definition) is 3. The van der Waals surface area contributed by atoms with Gasteiger partial charge >= 0.3 is 5.97 Å². The molecule has 1 heterocycles. The molecule has 0 spiro atoms. The van der Waals surface area contributed by atoms with Crippen molar-refractivity contribution in [3.8, 4) is 0 Å². The Morgan fingerprint density at radius 1 is 1.27 bits per heavy atom. The zero-order chi connectivity index (χ0) is 16.2. The molecule has 0 aromatic carbocycles. The lowest BCUT2D eigenvalue weighted by Crippen LogP contribution is -2.30. The number of carboxylic acids is 1. The van der Waals surface area contributed by atoms with Crippen molar-refractivity contribution in [2.24, 2.45) is 0 Å². The van der Waals surface area contributed by atoms with Gasteiger partial charge in [0.25, 0.3) is 0 Å². The van der Waals surface area contributed by atoms with Crippen LogP contribution < -0.4 is 0 Å². The smallest absolute Gasteiger partial charge is 0.342 e. The van der Waals surface area contributed by atoms with Crippen molar-refractivity contribution >= 4 is 5.97 Å². The minimum Gasteiger partial charge on any atom is -0.477 e. The molecule has 0 amide bonds. The molecule has 0 saturated carbocycles. The van der Waals surface area contributed by atoms with Crippen LogP contribution in [0.15, 0.2) is 65.1 Å². The summed E-state index contributed by atoms with van der Waals surface area (Å²) in [6.07, 6.45) is 9.00. The molecule has 4 nitrogen and oxygen atoms in total. The normalized spacial score (nSPS) is 20.6. The molecule has 114 valence electrons. The van der Waals surface area contributed by atoms with Crippen molar-refractivity contribution in [1.82, 2.24) is 0 Å². The van der Waals surface area contributed by atoms with Crippen molar-refractivity contribution in [1.29, 1.82) is 0 Å². The summed E-state index contributed by atoms with van der Waals surface area (Å²) in [6, 6.07) is 0. The van der Waals surface area contributed by atoms with Crippen molar-refractivity contribution in [3.05, 3.63) is 65.1 Å². The van der Waals surface area contributed by atoms with Gasteiger partial charge in [0.15, 0.2) is 0 Å². The van der Waals surface area contributed by atoms with E-state index >= 15 is 0 Å². The summed E-state index contributed by atoms with van der Waals surface area (Å²) in [5.74, 6) is -1.13. The summed E-state index contributed by atoms with van der Waals surface area (Å²) >= 11 is 0. The lowest BCUT2D eigenvalue weighted by Gasteiger charge is -2.25. The molecule has 0 aromatic heterocycles. The molecule has 1 fully saturated rings. The largest absolute Gasteiger partial charge is 0.477 e.